The topological polar surface area (TPSA) is 82.0 Å². The van der Waals surface area contributed by atoms with Crippen LogP contribution in [0.15, 0.2) is 59.1 Å². The summed E-state index contributed by atoms with van der Waals surface area (Å²) in [7, 11) is 0. The van der Waals surface area contributed by atoms with Crippen LogP contribution in [0.3, 0.4) is 0 Å². The molecule has 1 aliphatic carbocycles. The lowest BCUT2D eigenvalue weighted by Crippen LogP contribution is -2.18. The Labute approximate surface area is 228 Å². The molecule has 2 N–H and O–H groups in total. The van der Waals surface area contributed by atoms with Crippen molar-refractivity contribution in [1.29, 1.82) is 5.26 Å². The summed E-state index contributed by atoms with van der Waals surface area (Å²) in [6.07, 6.45) is 0. The number of anilines is 2. The lowest BCUT2D eigenvalue weighted by atomic mass is 10.1. The molecule has 3 aromatic carbocycles. The molecule has 0 aliphatic heterocycles. The number of nitriles is 1. The number of halogens is 6. The molecular formula is C24H13BrCl4FN3O2. The molecule has 4 rings (SSSR count). The Bertz CT molecular complexity index is 1410. The van der Waals surface area contributed by atoms with Gasteiger partial charge in [0.2, 0.25) is 5.91 Å². The largest absolute Gasteiger partial charge is 0.326 e. The van der Waals surface area contributed by atoms with E-state index >= 15 is 0 Å². The van der Waals surface area contributed by atoms with Crippen molar-refractivity contribution in [2.75, 3.05) is 10.6 Å². The van der Waals surface area contributed by atoms with Crippen molar-refractivity contribution in [3.05, 3.63) is 91.6 Å². The van der Waals surface area contributed by atoms with Crippen molar-refractivity contribution in [2.45, 2.75) is 10.3 Å². The molecule has 1 fully saturated rings. The number of amides is 2. The van der Waals surface area contributed by atoms with E-state index in [1.165, 1.54) is 24.3 Å². The minimum atomic E-state index is -1.33. The highest BCUT2D eigenvalue weighted by molar-refractivity contribution is 9.10. The van der Waals surface area contributed by atoms with E-state index in [4.69, 9.17) is 46.4 Å². The van der Waals surface area contributed by atoms with Crippen LogP contribution in [-0.2, 0) is 4.79 Å². The highest BCUT2D eigenvalue weighted by Crippen LogP contribution is 2.65. The van der Waals surface area contributed by atoms with Gasteiger partial charge in [-0.05, 0) is 70.0 Å². The smallest absolute Gasteiger partial charge is 0.257 e. The zero-order valence-electron chi connectivity index (χ0n) is 17.4. The molecule has 0 radical (unpaired) electrons. The van der Waals surface area contributed by atoms with E-state index in [2.05, 4.69) is 26.6 Å². The second-order valence-corrected chi connectivity index (χ2v) is 10.9. The average Bonchev–Trinajstić information content (AvgIpc) is 3.39. The average molecular weight is 616 g/mol. The number of hydrogen-bond donors (Lipinski definition) is 2. The predicted molar refractivity (Wildman–Crippen MR) is 139 cm³/mol. The Morgan fingerprint density at radius 3 is 2.43 bits per heavy atom. The van der Waals surface area contributed by atoms with Gasteiger partial charge in [0, 0.05) is 16.1 Å². The van der Waals surface area contributed by atoms with Gasteiger partial charge >= 0.3 is 0 Å². The first-order valence-corrected chi connectivity index (χ1v) is 12.3. The molecule has 35 heavy (non-hydrogen) atoms. The number of hydrogen-bond acceptors (Lipinski definition) is 3. The van der Waals surface area contributed by atoms with E-state index in [1.807, 2.05) is 6.07 Å². The van der Waals surface area contributed by atoms with Gasteiger partial charge in [-0.15, -0.1) is 23.2 Å². The molecule has 5 nitrogen and oxygen atoms in total. The van der Waals surface area contributed by atoms with E-state index < -0.39 is 33.8 Å². The molecule has 2 atom stereocenters. The third kappa shape index (κ3) is 5.28. The highest BCUT2D eigenvalue weighted by Gasteiger charge is 2.67. The lowest BCUT2D eigenvalue weighted by molar-refractivity contribution is -0.117. The number of alkyl halides is 2. The van der Waals surface area contributed by atoms with Crippen molar-refractivity contribution in [1.82, 2.24) is 0 Å². The summed E-state index contributed by atoms with van der Waals surface area (Å²) >= 11 is 28.5. The summed E-state index contributed by atoms with van der Waals surface area (Å²) in [5, 5.41) is 15.0. The second kappa shape index (κ2) is 9.96. The molecule has 0 bridgehead atoms. The zero-order chi connectivity index (χ0) is 25.5. The third-order valence-corrected chi connectivity index (χ3v) is 7.97. The van der Waals surface area contributed by atoms with Gasteiger partial charge in [-0.3, -0.25) is 9.59 Å². The number of benzene rings is 3. The lowest BCUT2D eigenvalue weighted by Gasteiger charge is -2.11. The fraction of sp³-hybridized carbons (Fsp3) is 0.125. The highest BCUT2D eigenvalue weighted by atomic mass is 79.9. The third-order valence-electron chi connectivity index (χ3n) is 5.47. The molecule has 1 aliphatic rings. The van der Waals surface area contributed by atoms with Gasteiger partial charge in [0.05, 0.1) is 32.8 Å². The van der Waals surface area contributed by atoms with Crippen LogP contribution in [0, 0.1) is 23.1 Å². The Kier molecular flexibility index (Phi) is 7.33. The minimum absolute atomic E-state index is 0.0349. The summed E-state index contributed by atoms with van der Waals surface area (Å²) < 4.78 is 12.8. The maximum Gasteiger partial charge on any atom is 0.257 e. The van der Waals surface area contributed by atoms with Crippen molar-refractivity contribution >= 4 is 85.5 Å². The van der Waals surface area contributed by atoms with Crippen LogP contribution in [-0.4, -0.2) is 16.1 Å². The van der Waals surface area contributed by atoms with E-state index in [0.717, 1.165) is 12.1 Å². The van der Waals surface area contributed by atoms with Crippen LogP contribution >= 0.6 is 62.3 Å². The SMILES string of the molecule is N#Cc1cc(F)ccc1NC(=O)c1cc(NC(=O)C2[C@H](c3ccc(Br)c(Cl)c3)C2(Cl)Cl)ccc1Cl. The summed E-state index contributed by atoms with van der Waals surface area (Å²) in [6.45, 7) is 0. The number of rotatable bonds is 5. The first-order valence-electron chi connectivity index (χ1n) is 9.97. The normalized spacial score (nSPS) is 17.9. The standard InChI is InChI=1S/C24H13BrCl4FN3O2/c25-16-4-1-11(8-18(16)27)20-21(24(20,28)29)23(35)32-14-3-5-17(26)15(9-14)22(34)33-19-6-2-13(30)7-12(19)10-31/h1-9,20-21H,(H,32,35)(H,33,34)/t20-,21?/m0/s1. The van der Waals surface area contributed by atoms with Crippen LogP contribution in [0.25, 0.3) is 0 Å². The number of nitrogens with one attached hydrogen (secondary N) is 2. The van der Waals surface area contributed by atoms with Gasteiger partial charge < -0.3 is 10.6 Å². The predicted octanol–water partition coefficient (Wildman–Crippen LogP) is 7.54. The van der Waals surface area contributed by atoms with Crippen molar-refractivity contribution in [3.63, 3.8) is 0 Å². The van der Waals surface area contributed by atoms with E-state index in [-0.39, 0.29) is 27.5 Å². The van der Waals surface area contributed by atoms with Crippen molar-refractivity contribution < 1.29 is 14.0 Å². The van der Waals surface area contributed by atoms with Gasteiger partial charge in [0.15, 0.2) is 0 Å². The van der Waals surface area contributed by atoms with Crippen LogP contribution in [0.1, 0.15) is 27.4 Å². The van der Waals surface area contributed by atoms with Crippen molar-refractivity contribution in [2.24, 2.45) is 5.92 Å². The summed E-state index contributed by atoms with van der Waals surface area (Å²) in [4.78, 5) is 25.8. The molecule has 11 heteroatoms. The second-order valence-electron chi connectivity index (χ2n) is 7.74. The first kappa shape index (κ1) is 25.7. The van der Waals surface area contributed by atoms with Crippen LogP contribution < -0.4 is 10.6 Å². The van der Waals surface area contributed by atoms with Gasteiger partial charge in [0.1, 0.15) is 16.2 Å². The Morgan fingerprint density at radius 2 is 1.74 bits per heavy atom. The van der Waals surface area contributed by atoms with Gasteiger partial charge in [-0.25, -0.2) is 4.39 Å². The minimum Gasteiger partial charge on any atom is -0.326 e. The molecule has 178 valence electrons. The number of nitrogens with zero attached hydrogens (tertiary/aromatic N) is 1. The molecule has 3 aromatic rings. The van der Waals surface area contributed by atoms with Gasteiger partial charge in [-0.1, -0.05) is 29.3 Å². The Hall–Kier alpha value is -2.34. The van der Waals surface area contributed by atoms with E-state index in [9.17, 15) is 19.2 Å². The van der Waals surface area contributed by atoms with E-state index in [1.54, 1.807) is 18.2 Å². The summed E-state index contributed by atoms with van der Waals surface area (Å²) in [5.74, 6) is -2.94. The van der Waals surface area contributed by atoms with Crippen molar-refractivity contribution in [3.8, 4) is 6.07 Å². The quantitative estimate of drug-likeness (QED) is 0.291. The number of carbonyl (C=O) groups is 2. The summed E-state index contributed by atoms with van der Waals surface area (Å²) in [6, 6.07) is 14.8. The Balaban J connectivity index is 1.52. The fourth-order valence-corrected chi connectivity index (χ4v) is 5.15. The molecule has 1 unspecified atom stereocenters. The molecule has 0 spiro atoms. The van der Waals surface area contributed by atoms with Gasteiger partial charge in [0.25, 0.3) is 5.91 Å². The van der Waals surface area contributed by atoms with E-state index in [0.29, 0.717) is 15.1 Å². The maximum atomic E-state index is 13.4. The number of carbonyl (C=O) groups excluding carboxylic acids is 2. The molecular weight excluding hydrogens is 603 g/mol. The maximum absolute atomic E-state index is 13.4. The molecule has 1 saturated carbocycles. The molecule has 0 aromatic heterocycles. The van der Waals surface area contributed by atoms with Crippen LogP contribution in [0.5, 0.6) is 0 Å². The fourth-order valence-electron chi connectivity index (χ4n) is 3.68. The van der Waals surface area contributed by atoms with Crippen LogP contribution in [0.2, 0.25) is 10.0 Å². The molecule has 2 amide bonds. The molecule has 0 heterocycles. The Morgan fingerprint density at radius 1 is 1.00 bits per heavy atom. The van der Waals surface area contributed by atoms with Crippen LogP contribution in [0.4, 0.5) is 15.8 Å². The summed E-state index contributed by atoms with van der Waals surface area (Å²) in [5.41, 5.74) is 1.10. The molecule has 0 saturated heterocycles. The first-order chi connectivity index (χ1) is 16.5. The zero-order valence-corrected chi connectivity index (χ0v) is 22.0. The van der Waals surface area contributed by atoms with Gasteiger partial charge in [-0.2, -0.15) is 5.26 Å². The monoisotopic (exact) mass is 613 g/mol.